The van der Waals surface area contributed by atoms with Gasteiger partial charge in [0, 0.05) is 12.1 Å². The summed E-state index contributed by atoms with van der Waals surface area (Å²) in [4.78, 5) is 27.9. The van der Waals surface area contributed by atoms with Crippen LogP contribution in [0.15, 0.2) is 72.8 Å². The molecule has 0 unspecified atom stereocenters. The lowest BCUT2D eigenvalue weighted by Crippen LogP contribution is -2.32. The number of ether oxygens (including phenoxy) is 2. The molecule has 3 aromatic rings. The molecule has 0 fully saturated rings. The lowest BCUT2D eigenvalue weighted by molar-refractivity contribution is -0.117. The number of nitrogens with zero attached hydrogens (tertiary/aromatic N) is 1. The van der Waals surface area contributed by atoms with Crippen molar-refractivity contribution in [2.75, 3.05) is 19.5 Å². The topological polar surface area (TPSA) is 67.9 Å². The van der Waals surface area contributed by atoms with Crippen molar-refractivity contribution in [1.29, 1.82) is 0 Å². The first-order valence-corrected chi connectivity index (χ1v) is 10.1. The van der Waals surface area contributed by atoms with Gasteiger partial charge in [0.1, 0.15) is 11.5 Å². The number of hydrogen-bond donors (Lipinski definition) is 1. The van der Waals surface area contributed by atoms with Crippen LogP contribution in [0.1, 0.15) is 33.9 Å². The summed E-state index contributed by atoms with van der Waals surface area (Å²) < 4.78 is 10.6. The van der Waals surface area contributed by atoms with Gasteiger partial charge in [0.05, 0.1) is 32.4 Å². The molecule has 0 bridgehead atoms. The van der Waals surface area contributed by atoms with Crippen molar-refractivity contribution in [1.82, 2.24) is 4.90 Å². The summed E-state index contributed by atoms with van der Waals surface area (Å²) in [6, 6.07) is 21.9. The van der Waals surface area contributed by atoms with Crippen molar-refractivity contribution < 1.29 is 19.1 Å². The third kappa shape index (κ3) is 4.23. The van der Waals surface area contributed by atoms with Gasteiger partial charge in [-0.05, 0) is 41.5 Å². The predicted molar refractivity (Wildman–Crippen MR) is 118 cm³/mol. The molecule has 1 aliphatic rings. The van der Waals surface area contributed by atoms with E-state index in [0.717, 1.165) is 16.9 Å². The lowest BCUT2D eigenvalue weighted by Gasteiger charge is -2.28. The van der Waals surface area contributed by atoms with Gasteiger partial charge >= 0.3 is 0 Å². The van der Waals surface area contributed by atoms with E-state index in [2.05, 4.69) is 5.32 Å². The van der Waals surface area contributed by atoms with Crippen molar-refractivity contribution in [3.63, 3.8) is 0 Å². The minimum atomic E-state index is -0.416. The van der Waals surface area contributed by atoms with E-state index in [1.807, 2.05) is 60.7 Å². The Morgan fingerprint density at radius 2 is 1.68 bits per heavy atom. The van der Waals surface area contributed by atoms with Crippen LogP contribution in [0.3, 0.4) is 0 Å². The minimum Gasteiger partial charge on any atom is -0.497 e. The zero-order valence-electron chi connectivity index (χ0n) is 17.5. The molecular formula is C25H24N2O4. The summed E-state index contributed by atoms with van der Waals surface area (Å²) in [5.74, 6) is 1.04. The van der Waals surface area contributed by atoms with Crippen molar-refractivity contribution in [3.8, 4) is 11.5 Å². The van der Waals surface area contributed by atoms with Crippen LogP contribution in [-0.4, -0.2) is 30.9 Å². The van der Waals surface area contributed by atoms with Crippen molar-refractivity contribution in [2.24, 2.45) is 0 Å². The first-order valence-electron chi connectivity index (χ1n) is 10.1. The molecule has 1 aliphatic heterocycles. The van der Waals surface area contributed by atoms with Gasteiger partial charge in [-0.1, -0.05) is 42.5 Å². The van der Waals surface area contributed by atoms with Gasteiger partial charge in [0.15, 0.2) is 0 Å². The van der Waals surface area contributed by atoms with Crippen LogP contribution in [0.2, 0.25) is 0 Å². The number of methoxy groups -OCH3 is 2. The number of amides is 2. The Bertz CT molecular complexity index is 1090. The SMILES string of the molecule is COc1ccc([C@H](CC(=O)Nc2ccccc2OC)N2Cc3ccccc3C2=O)cc1. The third-order valence-corrected chi connectivity index (χ3v) is 5.49. The molecule has 6 heteroatoms. The molecule has 1 heterocycles. The molecule has 0 aliphatic carbocycles. The molecule has 2 amide bonds. The number of fused-ring (bicyclic) bond motifs is 1. The van der Waals surface area contributed by atoms with Gasteiger partial charge in [-0.3, -0.25) is 9.59 Å². The fourth-order valence-corrected chi connectivity index (χ4v) is 3.89. The molecule has 3 aromatic carbocycles. The molecule has 1 N–H and O–H groups in total. The molecule has 0 radical (unpaired) electrons. The Morgan fingerprint density at radius 3 is 2.39 bits per heavy atom. The summed E-state index contributed by atoms with van der Waals surface area (Å²) in [6.45, 7) is 0.466. The third-order valence-electron chi connectivity index (χ3n) is 5.49. The fourth-order valence-electron chi connectivity index (χ4n) is 3.89. The first kappa shape index (κ1) is 20.5. The molecule has 0 spiro atoms. The molecule has 0 saturated carbocycles. The van der Waals surface area contributed by atoms with Crippen LogP contribution in [0.4, 0.5) is 5.69 Å². The Balaban J connectivity index is 1.61. The van der Waals surface area contributed by atoms with Gasteiger partial charge in [0.25, 0.3) is 5.91 Å². The number of carbonyl (C=O) groups is 2. The van der Waals surface area contributed by atoms with E-state index in [1.165, 1.54) is 0 Å². The van der Waals surface area contributed by atoms with Crippen molar-refractivity contribution >= 4 is 17.5 Å². The van der Waals surface area contributed by atoms with E-state index >= 15 is 0 Å². The van der Waals surface area contributed by atoms with Crippen LogP contribution in [0.5, 0.6) is 11.5 Å². The van der Waals surface area contributed by atoms with E-state index in [1.54, 1.807) is 31.3 Å². The quantitative estimate of drug-likeness (QED) is 0.619. The minimum absolute atomic E-state index is 0.0680. The molecular weight excluding hydrogens is 392 g/mol. The Morgan fingerprint density at radius 1 is 0.968 bits per heavy atom. The fraction of sp³-hybridized carbons (Fsp3) is 0.200. The normalized spacial score (nSPS) is 13.5. The van der Waals surface area contributed by atoms with Gasteiger partial charge in [-0.25, -0.2) is 0 Å². The zero-order valence-corrected chi connectivity index (χ0v) is 17.5. The number of benzene rings is 3. The monoisotopic (exact) mass is 416 g/mol. The number of anilines is 1. The maximum Gasteiger partial charge on any atom is 0.255 e. The molecule has 158 valence electrons. The summed E-state index contributed by atoms with van der Waals surface area (Å²) >= 11 is 0. The molecule has 0 saturated heterocycles. The molecule has 31 heavy (non-hydrogen) atoms. The van der Waals surface area contributed by atoms with Gasteiger partial charge in [-0.15, -0.1) is 0 Å². The number of para-hydroxylation sites is 2. The highest BCUT2D eigenvalue weighted by atomic mass is 16.5. The van der Waals surface area contributed by atoms with Crippen molar-refractivity contribution in [2.45, 2.75) is 19.0 Å². The highest BCUT2D eigenvalue weighted by molar-refractivity contribution is 5.99. The standard InChI is InChI=1S/C25H24N2O4/c1-30-19-13-11-17(12-14-19)22(27-16-18-7-3-4-8-20(18)25(27)29)15-24(28)26-21-9-5-6-10-23(21)31-2/h3-14,22H,15-16H2,1-2H3,(H,26,28)/t22-/m0/s1. The first-order chi connectivity index (χ1) is 15.1. The summed E-state index contributed by atoms with van der Waals surface area (Å²) in [6.07, 6.45) is 0.115. The lowest BCUT2D eigenvalue weighted by atomic mass is 10.0. The highest BCUT2D eigenvalue weighted by Gasteiger charge is 2.34. The van der Waals surface area contributed by atoms with Crippen LogP contribution >= 0.6 is 0 Å². The summed E-state index contributed by atoms with van der Waals surface area (Å²) in [5.41, 5.74) is 3.12. The van der Waals surface area contributed by atoms with Gasteiger partial charge < -0.3 is 19.7 Å². The van der Waals surface area contributed by atoms with Crippen LogP contribution in [0, 0.1) is 0 Å². The maximum atomic E-state index is 13.1. The summed E-state index contributed by atoms with van der Waals surface area (Å²) in [5, 5.41) is 2.92. The Hall–Kier alpha value is -3.80. The maximum absolute atomic E-state index is 13.1. The Kier molecular flexibility index (Phi) is 5.89. The smallest absolute Gasteiger partial charge is 0.255 e. The predicted octanol–water partition coefficient (Wildman–Crippen LogP) is 4.43. The number of carbonyl (C=O) groups excluding carboxylic acids is 2. The number of hydrogen-bond acceptors (Lipinski definition) is 4. The van der Waals surface area contributed by atoms with Crippen LogP contribution in [-0.2, 0) is 11.3 Å². The second kappa shape index (κ2) is 8.92. The van der Waals surface area contributed by atoms with E-state index in [-0.39, 0.29) is 18.2 Å². The molecule has 6 nitrogen and oxygen atoms in total. The molecule has 1 atom stereocenters. The average molecular weight is 416 g/mol. The molecule has 0 aromatic heterocycles. The summed E-state index contributed by atoms with van der Waals surface area (Å²) in [7, 11) is 3.17. The number of nitrogens with one attached hydrogen (secondary N) is 1. The largest absolute Gasteiger partial charge is 0.497 e. The number of rotatable bonds is 7. The van der Waals surface area contributed by atoms with Crippen molar-refractivity contribution in [3.05, 3.63) is 89.5 Å². The Labute approximate surface area is 181 Å². The average Bonchev–Trinajstić information content (AvgIpc) is 3.14. The second-order valence-corrected chi connectivity index (χ2v) is 7.33. The van der Waals surface area contributed by atoms with E-state index in [0.29, 0.717) is 23.5 Å². The van der Waals surface area contributed by atoms with E-state index in [4.69, 9.17) is 9.47 Å². The van der Waals surface area contributed by atoms with E-state index < -0.39 is 6.04 Å². The van der Waals surface area contributed by atoms with Gasteiger partial charge in [0.2, 0.25) is 5.91 Å². The van der Waals surface area contributed by atoms with Gasteiger partial charge in [-0.2, -0.15) is 0 Å². The molecule has 4 rings (SSSR count). The second-order valence-electron chi connectivity index (χ2n) is 7.33. The van der Waals surface area contributed by atoms with Crippen LogP contribution < -0.4 is 14.8 Å². The van der Waals surface area contributed by atoms with Crippen LogP contribution in [0.25, 0.3) is 0 Å². The van der Waals surface area contributed by atoms with E-state index in [9.17, 15) is 9.59 Å². The zero-order chi connectivity index (χ0) is 21.8. The highest BCUT2D eigenvalue weighted by Crippen LogP contribution is 2.34.